The summed E-state index contributed by atoms with van der Waals surface area (Å²) in [4.78, 5) is 30.3. The Morgan fingerprint density at radius 2 is 1.97 bits per heavy atom. The molecule has 3 rings (SSSR count). The predicted molar refractivity (Wildman–Crippen MR) is 133 cm³/mol. The quantitative estimate of drug-likeness (QED) is 0.521. The van der Waals surface area contributed by atoms with Crippen molar-refractivity contribution in [2.75, 3.05) is 13.1 Å². The number of carbonyl (C=O) groups is 2. The van der Waals surface area contributed by atoms with Crippen LogP contribution in [0.15, 0.2) is 37.6 Å². The molecule has 182 valence electrons. The average molecular weight is 466 g/mol. The normalized spacial score (nSPS) is 14.9. The second-order valence-electron chi connectivity index (χ2n) is 9.79. The molecule has 3 N–H and O–H groups in total. The average Bonchev–Trinajstić information content (AvgIpc) is 3.12. The molecule has 1 saturated heterocycles. The third kappa shape index (κ3) is 5.22. The minimum Gasteiger partial charge on any atom is -0.508 e. The first-order valence-electron chi connectivity index (χ1n) is 11.4. The molecule has 0 bridgehead atoms. The number of aromatic hydroxyl groups is 1. The van der Waals surface area contributed by atoms with Gasteiger partial charge in [-0.15, -0.1) is 0 Å². The molecule has 8 heteroatoms. The van der Waals surface area contributed by atoms with Gasteiger partial charge in [0.1, 0.15) is 17.3 Å². The minimum atomic E-state index is -0.225. The van der Waals surface area contributed by atoms with Gasteiger partial charge in [-0.3, -0.25) is 9.59 Å². The predicted octanol–water partition coefficient (Wildman–Crippen LogP) is 3.04. The Balaban J connectivity index is 1.65. The number of imidazole rings is 1. The molecule has 1 aromatic heterocycles. The maximum absolute atomic E-state index is 12.7. The number of hydrogen-bond donors (Lipinski definition) is 3. The van der Waals surface area contributed by atoms with Crippen molar-refractivity contribution in [1.29, 1.82) is 0 Å². The fraction of sp³-hybridized carbons (Fsp3) is 0.423. The molecule has 0 aliphatic carbocycles. The van der Waals surface area contributed by atoms with Crippen LogP contribution in [0.1, 0.15) is 66.7 Å². The van der Waals surface area contributed by atoms with E-state index in [1.165, 1.54) is 6.08 Å². The molecular formula is C26H35N5O3. The zero-order valence-corrected chi connectivity index (χ0v) is 20.7. The highest BCUT2D eigenvalue weighted by molar-refractivity contribution is 5.93. The van der Waals surface area contributed by atoms with Crippen LogP contribution in [0.2, 0.25) is 0 Å². The van der Waals surface area contributed by atoms with E-state index >= 15 is 0 Å². The topological polar surface area (TPSA) is 99.5 Å². The second-order valence-corrected chi connectivity index (χ2v) is 9.79. The molecule has 1 aliphatic rings. The van der Waals surface area contributed by atoms with Crippen molar-refractivity contribution in [3.8, 4) is 5.75 Å². The van der Waals surface area contributed by atoms with E-state index < -0.39 is 0 Å². The monoisotopic (exact) mass is 465 g/mol. The Morgan fingerprint density at radius 1 is 1.29 bits per heavy atom. The number of phenolic OH excluding ortho intramolecular Hbond substituents is 1. The fourth-order valence-electron chi connectivity index (χ4n) is 4.10. The number of phenols is 1. The number of rotatable bonds is 8. The van der Waals surface area contributed by atoms with Gasteiger partial charge in [-0.2, -0.15) is 0 Å². The summed E-state index contributed by atoms with van der Waals surface area (Å²) >= 11 is 0. The van der Waals surface area contributed by atoms with Gasteiger partial charge in [-0.05, 0) is 41.7 Å². The van der Waals surface area contributed by atoms with Crippen LogP contribution in [0.5, 0.6) is 5.75 Å². The molecule has 1 aromatic carbocycles. The van der Waals surface area contributed by atoms with Crippen molar-refractivity contribution in [3.05, 3.63) is 65.8 Å². The Hall–Kier alpha value is -3.39. The molecule has 1 fully saturated rings. The van der Waals surface area contributed by atoms with Crippen LogP contribution in [-0.4, -0.2) is 50.5 Å². The van der Waals surface area contributed by atoms with E-state index in [4.69, 9.17) is 0 Å². The Bertz CT molecular complexity index is 1110. The van der Waals surface area contributed by atoms with E-state index in [0.29, 0.717) is 31.2 Å². The van der Waals surface area contributed by atoms with Crippen molar-refractivity contribution in [2.24, 2.45) is 7.05 Å². The summed E-state index contributed by atoms with van der Waals surface area (Å²) in [6.45, 7) is 17.1. The van der Waals surface area contributed by atoms with Gasteiger partial charge in [0.25, 0.3) is 5.91 Å². The number of carbonyl (C=O) groups excluding carboxylic acids is 2. The van der Waals surface area contributed by atoms with Gasteiger partial charge in [0.15, 0.2) is 0 Å². The first kappa shape index (κ1) is 25.2. The van der Waals surface area contributed by atoms with Crippen LogP contribution in [0.4, 0.5) is 0 Å². The summed E-state index contributed by atoms with van der Waals surface area (Å²) in [5, 5.41) is 16.9. The van der Waals surface area contributed by atoms with Crippen LogP contribution in [0, 0.1) is 0 Å². The minimum absolute atomic E-state index is 0.0774. The summed E-state index contributed by atoms with van der Waals surface area (Å²) in [6.07, 6.45) is 4.59. The number of likely N-dealkylation sites (tertiary alicyclic amines) is 1. The lowest BCUT2D eigenvalue weighted by Crippen LogP contribution is -2.60. The lowest BCUT2D eigenvalue weighted by molar-refractivity contribution is -0.130. The van der Waals surface area contributed by atoms with Crippen molar-refractivity contribution >= 4 is 17.9 Å². The largest absolute Gasteiger partial charge is 0.508 e. The van der Waals surface area contributed by atoms with Crippen molar-refractivity contribution in [3.63, 3.8) is 0 Å². The fourth-order valence-corrected chi connectivity index (χ4v) is 4.10. The maximum Gasteiger partial charge on any atom is 0.269 e. The van der Waals surface area contributed by atoms with Gasteiger partial charge in [0.2, 0.25) is 5.91 Å². The number of hydrogen-bond acceptors (Lipinski definition) is 5. The summed E-state index contributed by atoms with van der Waals surface area (Å²) in [5.41, 5.74) is 3.19. The number of nitrogens with zero attached hydrogens (tertiary/aromatic N) is 3. The van der Waals surface area contributed by atoms with E-state index in [2.05, 4.69) is 49.5 Å². The van der Waals surface area contributed by atoms with Gasteiger partial charge >= 0.3 is 0 Å². The van der Waals surface area contributed by atoms with Gasteiger partial charge in [0.05, 0.1) is 18.8 Å². The Morgan fingerprint density at radius 3 is 2.56 bits per heavy atom. The third-order valence-electron chi connectivity index (χ3n) is 6.28. The number of benzene rings is 1. The van der Waals surface area contributed by atoms with E-state index in [1.807, 2.05) is 13.0 Å². The van der Waals surface area contributed by atoms with Crippen molar-refractivity contribution in [2.45, 2.75) is 51.7 Å². The molecule has 2 amide bonds. The zero-order valence-electron chi connectivity index (χ0n) is 20.7. The zero-order chi connectivity index (χ0) is 25.2. The van der Waals surface area contributed by atoms with E-state index in [9.17, 15) is 14.7 Å². The molecule has 0 saturated carbocycles. The first-order chi connectivity index (χ1) is 16.0. The summed E-state index contributed by atoms with van der Waals surface area (Å²) in [7, 11) is 1.80. The molecular weight excluding hydrogens is 430 g/mol. The van der Waals surface area contributed by atoms with Gasteiger partial charge in [-0.1, -0.05) is 40.0 Å². The van der Waals surface area contributed by atoms with Crippen LogP contribution in [0.3, 0.4) is 0 Å². The highest BCUT2D eigenvalue weighted by Gasteiger charge is 2.31. The molecule has 1 atom stereocenters. The molecule has 1 aliphatic heterocycles. The standard InChI is InChI=1S/C26H35N5O3/c1-8-17-10-22(32)19(11-20(17)26(4,5)6)16(3)27-13-23-28-12-21(30(23)7)25(34)29-18-14-31(15-18)24(33)9-2/h8-12,16,18,27,32H,1-2,13-15H2,3-7H3,(H,29,34)/t16-/m1/s1. The van der Waals surface area contributed by atoms with Crippen LogP contribution in [0.25, 0.3) is 6.08 Å². The smallest absolute Gasteiger partial charge is 0.269 e. The molecule has 0 unspecified atom stereocenters. The van der Waals surface area contributed by atoms with Gasteiger partial charge < -0.3 is 25.2 Å². The van der Waals surface area contributed by atoms with E-state index in [1.54, 1.807) is 34.9 Å². The highest BCUT2D eigenvalue weighted by Crippen LogP contribution is 2.34. The lowest BCUT2D eigenvalue weighted by Gasteiger charge is -2.38. The summed E-state index contributed by atoms with van der Waals surface area (Å²) in [5.74, 6) is 0.561. The van der Waals surface area contributed by atoms with E-state index in [-0.39, 0.29) is 35.1 Å². The number of aromatic nitrogens is 2. The summed E-state index contributed by atoms with van der Waals surface area (Å²) < 4.78 is 1.75. The van der Waals surface area contributed by atoms with Crippen LogP contribution >= 0.6 is 0 Å². The second kappa shape index (κ2) is 9.85. The van der Waals surface area contributed by atoms with E-state index in [0.717, 1.165) is 16.7 Å². The van der Waals surface area contributed by atoms with Gasteiger partial charge in [-0.25, -0.2) is 4.98 Å². The molecule has 0 radical (unpaired) electrons. The molecule has 8 nitrogen and oxygen atoms in total. The lowest BCUT2D eigenvalue weighted by atomic mass is 9.82. The number of amides is 2. The van der Waals surface area contributed by atoms with Crippen LogP contribution < -0.4 is 10.6 Å². The summed E-state index contributed by atoms with van der Waals surface area (Å²) in [6, 6.07) is 3.57. The van der Waals surface area contributed by atoms with Crippen LogP contribution in [-0.2, 0) is 23.8 Å². The highest BCUT2D eigenvalue weighted by atomic mass is 16.3. The third-order valence-corrected chi connectivity index (χ3v) is 6.28. The molecule has 0 spiro atoms. The van der Waals surface area contributed by atoms with Crippen molar-refractivity contribution in [1.82, 2.24) is 25.1 Å². The van der Waals surface area contributed by atoms with Gasteiger partial charge in [0, 0.05) is 31.7 Å². The molecule has 2 heterocycles. The maximum atomic E-state index is 12.7. The Labute approximate surface area is 201 Å². The first-order valence-corrected chi connectivity index (χ1v) is 11.4. The Kier molecular flexibility index (Phi) is 7.31. The molecule has 2 aromatic rings. The molecule has 34 heavy (non-hydrogen) atoms. The number of nitrogens with one attached hydrogen (secondary N) is 2. The SMILES string of the molecule is C=CC(=O)N1CC(NC(=O)c2cnc(CN[C@H](C)c3cc(C(C)(C)C)c(C=C)cc3O)n2C)C1. The van der Waals surface area contributed by atoms with Crippen molar-refractivity contribution < 1.29 is 14.7 Å².